The van der Waals surface area contributed by atoms with Crippen LogP contribution in [0.5, 0.6) is 0 Å². The molecule has 0 aliphatic carbocycles. The smallest absolute Gasteiger partial charge is 0.197 e. The van der Waals surface area contributed by atoms with E-state index >= 15 is 0 Å². The maximum atomic E-state index is 4.32. The van der Waals surface area contributed by atoms with Crippen LogP contribution in [0.2, 0.25) is 0 Å². The first-order valence-electron chi connectivity index (χ1n) is 6.22. The van der Waals surface area contributed by atoms with Crippen LogP contribution in [0, 0.1) is 13.8 Å². The first-order valence-corrected chi connectivity index (χ1v) is 7.04. The molecule has 0 amide bonds. The van der Waals surface area contributed by atoms with E-state index in [4.69, 9.17) is 0 Å². The zero-order valence-electron chi connectivity index (χ0n) is 11.6. The Balaban J connectivity index is 2.23. The Bertz CT molecular complexity index is 565. The fourth-order valence-corrected chi connectivity index (χ4v) is 2.39. The van der Waals surface area contributed by atoms with Gasteiger partial charge in [-0.2, -0.15) is 0 Å². The highest BCUT2D eigenvalue weighted by Gasteiger charge is 2.12. The van der Waals surface area contributed by atoms with E-state index in [0.717, 1.165) is 40.4 Å². The zero-order chi connectivity index (χ0) is 13.8. The largest absolute Gasteiger partial charge is 0.370 e. The summed E-state index contributed by atoms with van der Waals surface area (Å²) in [6.07, 6.45) is 2.64. The van der Waals surface area contributed by atoms with Crippen LogP contribution in [0.3, 0.4) is 0 Å². The molecular formula is C12H18N6S. The number of nitrogens with one attached hydrogen (secondary N) is 1. The lowest BCUT2D eigenvalue weighted by atomic mass is 10.3. The average molecular weight is 278 g/mol. The number of hydrogen-bond donors (Lipinski definition) is 1. The second-order valence-corrected chi connectivity index (χ2v) is 5.23. The molecule has 0 bridgehead atoms. The first kappa shape index (κ1) is 13.8. The van der Waals surface area contributed by atoms with Crippen molar-refractivity contribution in [2.75, 3.05) is 11.9 Å². The molecule has 1 N–H and O–H groups in total. The lowest BCUT2D eigenvalue weighted by Crippen LogP contribution is -2.05. The van der Waals surface area contributed by atoms with Crippen molar-refractivity contribution in [3.05, 3.63) is 17.7 Å². The Morgan fingerprint density at radius 2 is 2.05 bits per heavy atom. The Morgan fingerprint density at radius 3 is 2.68 bits per heavy atom. The maximum Gasteiger partial charge on any atom is 0.197 e. The van der Waals surface area contributed by atoms with Crippen LogP contribution >= 0.6 is 11.8 Å². The minimum Gasteiger partial charge on any atom is -0.370 e. The van der Waals surface area contributed by atoms with Crippen LogP contribution in [-0.4, -0.2) is 31.3 Å². The Labute approximate surface area is 117 Å². The average Bonchev–Trinajstić information content (AvgIpc) is 2.72. The summed E-state index contributed by atoms with van der Waals surface area (Å²) in [7, 11) is 1.95. The molecule has 2 aromatic rings. The molecule has 0 aliphatic rings. The summed E-state index contributed by atoms with van der Waals surface area (Å²) in [6.45, 7) is 6.98. The van der Waals surface area contributed by atoms with Gasteiger partial charge in [-0.1, -0.05) is 6.92 Å². The summed E-state index contributed by atoms with van der Waals surface area (Å²) in [5.41, 5.74) is 1.04. The molecule has 2 aromatic heterocycles. The van der Waals surface area contributed by atoms with Gasteiger partial charge < -0.3 is 9.88 Å². The molecule has 0 aliphatic heterocycles. The van der Waals surface area contributed by atoms with Gasteiger partial charge in [0.2, 0.25) is 0 Å². The normalized spacial score (nSPS) is 10.7. The first-order chi connectivity index (χ1) is 9.13. The number of nitrogens with zero attached hydrogens (tertiary/aromatic N) is 5. The van der Waals surface area contributed by atoms with Gasteiger partial charge in [0, 0.05) is 19.2 Å². The summed E-state index contributed by atoms with van der Waals surface area (Å²) in [4.78, 5) is 8.59. The van der Waals surface area contributed by atoms with Gasteiger partial charge in [0.25, 0.3) is 0 Å². The predicted octanol–water partition coefficient (Wildman–Crippen LogP) is 2.20. The van der Waals surface area contributed by atoms with Crippen molar-refractivity contribution in [1.82, 2.24) is 24.7 Å². The summed E-state index contributed by atoms with van der Waals surface area (Å²) in [6, 6.07) is 0. The van der Waals surface area contributed by atoms with E-state index in [1.165, 1.54) is 11.8 Å². The molecule has 0 unspecified atom stereocenters. The third-order valence-corrected chi connectivity index (χ3v) is 3.96. The van der Waals surface area contributed by atoms with Crippen LogP contribution in [0.25, 0.3) is 0 Å². The third kappa shape index (κ3) is 3.04. The van der Waals surface area contributed by atoms with Crippen LogP contribution in [-0.2, 0) is 7.05 Å². The van der Waals surface area contributed by atoms with E-state index in [1.807, 2.05) is 25.5 Å². The fraction of sp³-hybridized carbons (Fsp3) is 0.500. The van der Waals surface area contributed by atoms with E-state index in [9.17, 15) is 0 Å². The molecule has 0 saturated carbocycles. The highest BCUT2D eigenvalue weighted by Crippen LogP contribution is 2.29. The van der Waals surface area contributed by atoms with Crippen molar-refractivity contribution in [1.29, 1.82) is 0 Å². The van der Waals surface area contributed by atoms with Gasteiger partial charge in [0.1, 0.15) is 23.0 Å². The van der Waals surface area contributed by atoms with E-state index < -0.39 is 0 Å². The molecule has 0 atom stereocenters. The number of aryl methyl sites for hydroxylation is 1. The van der Waals surface area contributed by atoms with Crippen LogP contribution in [0.4, 0.5) is 5.82 Å². The minimum atomic E-state index is 0.834. The van der Waals surface area contributed by atoms with Crippen molar-refractivity contribution in [3.8, 4) is 0 Å². The molecular weight excluding hydrogens is 260 g/mol. The van der Waals surface area contributed by atoms with E-state index in [1.54, 1.807) is 6.33 Å². The highest BCUT2D eigenvalue weighted by atomic mass is 32.2. The van der Waals surface area contributed by atoms with Crippen molar-refractivity contribution < 1.29 is 0 Å². The molecule has 0 radical (unpaired) electrons. The van der Waals surface area contributed by atoms with Gasteiger partial charge >= 0.3 is 0 Å². The topological polar surface area (TPSA) is 68.5 Å². The van der Waals surface area contributed by atoms with Gasteiger partial charge in [0.15, 0.2) is 5.16 Å². The maximum absolute atomic E-state index is 4.32. The van der Waals surface area contributed by atoms with Gasteiger partial charge in [-0.25, -0.2) is 9.97 Å². The monoisotopic (exact) mass is 278 g/mol. The van der Waals surface area contributed by atoms with Gasteiger partial charge in [-0.05, 0) is 32.0 Å². The summed E-state index contributed by atoms with van der Waals surface area (Å²) in [5, 5.41) is 13.2. The molecule has 0 aromatic carbocycles. The molecule has 2 rings (SSSR count). The fourth-order valence-electron chi connectivity index (χ4n) is 1.52. The number of anilines is 1. The number of rotatable bonds is 5. The third-order valence-electron chi connectivity index (χ3n) is 2.82. The Hall–Kier alpha value is -1.63. The predicted molar refractivity (Wildman–Crippen MR) is 75.4 cm³/mol. The van der Waals surface area contributed by atoms with Crippen molar-refractivity contribution in [2.24, 2.45) is 7.05 Å². The Morgan fingerprint density at radius 1 is 1.26 bits per heavy atom. The van der Waals surface area contributed by atoms with Crippen LogP contribution in [0.15, 0.2) is 16.5 Å². The van der Waals surface area contributed by atoms with E-state index in [-0.39, 0.29) is 0 Å². The molecule has 19 heavy (non-hydrogen) atoms. The molecule has 0 fully saturated rings. The van der Waals surface area contributed by atoms with E-state index in [2.05, 4.69) is 32.4 Å². The summed E-state index contributed by atoms with van der Waals surface area (Å²) < 4.78 is 1.95. The number of aromatic nitrogens is 5. The van der Waals surface area contributed by atoms with Crippen molar-refractivity contribution >= 4 is 17.6 Å². The highest BCUT2D eigenvalue weighted by molar-refractivity contribution is 7.99. The Kier molecular flexibility index (Phi) is 4.36. The lowest BCUT2D eigenvalue weighted by molar-refractivity contribution is 0.763. The van der Waals surface area contributed by atoms with Crippen molar-refractivity contribution in [3.63, 3.8) is 0 Å². The zero-order valence-corrected chi connectivity index (χ0v) is 12.5. The second-order valence-electron chi connectivity index (χ2n) is 4.27. The molecule has 2 heterocycles. The van der Waals surface area contributed by atoms with Gasteiger partial charge in [-0.3, -0.25) is 0 Å². The standard InChI is InChI=1S/C12H18N6S/c1-5-6-13-10-8(2)11(15-7-14-10)19-12-17-16-9(3)18(12)4/h7H,5-6H2,1-4H3,(H,13,14,15). The van der Waals surface area contributed by atoms with Crippen molar-refractivity contribution in [2.45, 2.75) is 37.4 Å². The second kappa shape index (κ2) is 6.01. The molecule has 102 valence electrons. The SMILES string of the molecule is CCCNc1ncnc(Sc2nnc(C)n2C)c1C. The summed E-state index contributed by atoms with van der Waals surface area (Å²) in [5.74, 6) is 1.77. The van der Waals surface area contributed by atoms with Gasteiger partial charge in [-0.15, -0.1) is 10.2 Å². The number of hydrogen-bond acceptors (Lipinski definition) is 6. The quantitative estimate of drug-likeness (QED) is 0.846. The van der Waals surface area contributed by atoms with E-state index in [0.29, 0.717) is 0 Å². The van der Waals surface area contributed by atoms with Crippen LogP contribution < -0.4 is 5.32 Å². The van der Waals surface area contributed by atoms with Crippen LogP contribution in [0.1, 0.15) is 24.7 Å². The lowest BCUT2D eigenvalue weighted by Gasteiger charge is -2.09. The molecule has 7 heteroatoms. The molecule has 0 spiro atoms. The minimum absolute atomic E-state index is 0.834. The molecule has 0 saturated heterocycles. The summed E-state index contributed by atoms with van der Waals surface area (Å²) >= 11 is 1.51. The molecule has 6 nitrogen and oxygen atoms in total. The van der Waals surface area contributed by atoms with Gasteiger partial charge in [0.05, 0.1) is 0 Å².